The van der Waals surface area contributed by atoms with Crippen LogP contribution in [0.2, 0.25) is 5.15 Å². The molecule has 16 heavy (non-hydrogen) atoms. The van der Waals surface area contributed by atoms with Gasteiger partial charge in [-0.05, 0) is 12.8 Å². The largest absolute Gasteiger partial charge is 0.285 e. The number of rotatable bonds is 2. The van der Waals surface area contributed by atoms with E-state index in [2.05, 4.69) is 15.4 Å². The number of hydrazine groups is 1. The Morgan fingerprint density at radius 2 is 2.06 bits per heavy atom. The van der Waals surface area contributed by atoms with Gasteiger partial charge in [-0.15, -0.1) is 0 Å². The molecule has 2 heterocycles. The van der Waals surface area contributed by atoms with Crippen molar-refractivity contribution in [3.63, 3.8) is 0 Å². The van der Waals surface area contributed by atoms with Crippen molar-refractivity contribution in [1.29, 1.82) is 0 Å². The molecule has 0 saturated carbocycles. The van der Waals surface area contributed by atoms with Crippen LogP contribution in [0.25, 0.3) is 0 Å². The number of amides is 1. The Hall–Kier alpha value is -1.20. The summed E-state index contributed by atoms with van der Waals surface area (Å²) in [7, 11) is 0. The van der Waals surface area contributed by atoms with E-state index in [9.17, 15) is 4.79 Å². The molecule has 1 aliphatic rings. The van der Waals surface area contributed by atoms with Crippen molar-refractivity contribution in [2.24, 2.45) is 0 Å². The van der Waals surface area contributed by atoms with Crippen LogP contribution in [-0.4, -0.2) is 34.0 Å². The van der Waals surface area contributed by atoms with Gasteiger partial charge in [0.05, 0.1) is 12.4 Å². The molecular weight excluding hydrogens is 228 g/mol. The predicted octanol–water partition coefficient (Wildman–Crippen LogP) is 1.26. The SMILES string of the molecule is O=C(NN1CCCCC1)c1cncc(Cl)n1. The standard InChI is InChI=1S/C10H13ClN4O/c11-9-7-12-6-8(13-9)10(16)14-15-4-2-1-3-5-15/h6-7H,1-5H2,(H,14,16). The maximum Gasteiger partial charge on any atom is 0.285 e. The van der Waals surface area contributed by atoms with E-state index in [1.165, 1.54) is 18.8 Å². The summed E-state index contributed by atoms with van der Waals surface area (Å²) in [5.74, 6) is -0.253. The molecule has 1 saturated heterocycles. The van der Waals surface area contributed by atoms with Gasteiger partial charge in [0.25, 0.3) is 5.91 Å². The molecule has 1 N–H and O–H groups in total. The fourth-order valence-electron chi connectivity index (χ4n) is 1.66. The van der Waals surface area contributed by atoms with Crippen molar-refractivity contribution in [3.05, 3.63) is 23.2 Å². The van der Waals surface area contributed by atoms with E-state index < -0.39 is 0 Å². The highest BCUT2D eigenvalue weighted by atomic mass is 35.5. The van der Waals surface area contributed by atoms with E-state index >= 15 is 0 Å². The molecule has 0 unspecified atom stereocenters. The van der Waals surface area contributed by atoms with Gasteiger partial charge in [0, 0.05) is 13.1 Å². The molecular formula is C10H13ClN4O. The van der Waals surface area contributed by atoms with Gasteiger partial charge in [-0.2, -0.15) is 0 Å². The average molecular weight is 241 g/mol. The molecule has 0 bridgehead atoms. The Morgan fingerprint density at radius 3 is 2.75 bits per heavy atom. The molecule has 1 aromatic heterocycles. The summed E-state index contributed by atoms with van der Waals surface area (Å²) in [5, 5.41) is 2.14. The first-order valence-electron chi connectivity index (χ1n) is 5.29. The summed E-state index contributed by atoms with van der Waals surface area (Å²) in [6.45, 7) is 1.78. The zero-order valence-electron chi connectivity index (χ0n) is 8.82. The summed E-state index contributed by atoms with van der Waals surface area (Å²) in [5.41, 5.74) is 3.04. The molecule has 2 rings (SSSR count). The second-order valence-corrected chi connectivity index (χ2v) is 4.10. The van der Waals surface area contributed by atoms with E-state index in [4.69, 9.17) is 11.6 Å². The minimum absolute atomic E-state index is 0.228. The van der Waals surface area contributed by atoms with Crippen LogP contribution in [0, 0.1) is 0 Å². The number of carbonyl (C=O) groups is 1. The van der Waals surface area contributed by atoms with Gasteiger partial charge in [-0.1, -0.05) is 18.0 Å². The van der Waals surface area contributed by atoms with E-state index in [1.807, 2.05) is 5.01 Å². The Kier molecular flexibility index (Phi) is 3.69. The molecule has 0 atom stereocenters. The van der Waals surface area contributed by atoms with Crippen LogP contribution in [0.1, 0.15) is 29.8 Å². The number of nitrogens with zero attached hydrogens (tertiary/aromatic N) is 3. The summed E-state index contributed by atoms with van der Waals surface area (Å²) >= 11 is 5.66. The number of hydrogen-bond donors (Lipinski definition) is 1. The lowest BCUT2D eigenvalue weighted by Crippen LogP contribution is -2.45. The first-order valence-corrected chi connectivity index (χ1v) is 5.67. The highest BCUT2D eigenvalue weighted by Gasteiger charge is 2.15. The van der Waals surface area contributed by atoms with E-state index in [0.29, 0.717) is 0 Å². The third kappa shape index (κ3) is 2.90. The Bertz CT molecular complexity index is 379. The van der Waals surface area contributed by atoms with Gasteiger partial charge in [0.2, 0.25) is 0 Å². The molecule has 0 aliphatic carbocycles. The van der Waals surface area contributed by atoms with Crippen LogP contribution in [-0.2, 0) is 0 Å². The van der Waals surface area contributed by atoms with Crippen LogP contribution in [0.3, 0.4) is 0 Å². The fourth-order valence-corrected chi connectivity index (χ4v) is 1.81. The summed E-state index contributed by atoms with van der Waals surface area (Å²) in [6.07, 6.45) is 6.26. The van der Waals surface area contributed by atoms with E-state index in [1.54, 1.807) is 0 Å². The number of carbonyl (C=O) groups excluding carboxylic acids is 1. The molecule has 6 heteroatoms. The molecule has 1 amide bonds. The third-order valence-corrected chi connectivity index (χ3v) is 2.64. The van der Waals surface area contributed by atoms with E-state index in [-0.39, 0.29) is 16.8 Å². The summed E-state index contributed by atoms with van der Waals surface area (Å²) < 4.78 is 0. The monoisotopic (exact) mass is 240 g/mol. The topological polar surface area (TPSA) is 58.1 Å². The minimum atomic E-state index is -0.253. The van der Waals surface area contributed by atoms with Gasteiger partial charge < -0.3 is 0 Å². The first kappa shape index (κ1) is 11.3. The number of hydrogen-bond acceptors (Lipinski definition) is 4. The normalized spacial score (nSPS) is 17.1. The molecule has 86 valence electrons. The minimum Gasteiger partial charge on any atom is -0.283 e. The van der Waals surface area contributed by atoms with Gasteiger partial charge in [0.1, 0.15) is 10.8 Å². The van der Waals surface area contributed by atoms with Crippen molar-refractivity contribution in [1.82, 2.24) is 20.4 Å². The van der Waals surface area contributed by atoms with Crippen LogP contribution >= 0.6 is 11.6 Å². The quantitative estimate of drug-likeness (QED) is 0.846. The van der Waals surface area contributed by atoms with Gasteiger partial charge in [0.15, 0.2) is 0 Å². The van der Waals surface area contributed by atoms with Gasteiger partial charge >= 0.3 is 0 Å². The van der Waals surface area contributed by atoms with Gasteiger partial charge in [-0.25, -0.2) is 9.99 Å². The van der Waals surface area contributed by atoms with Crippen molar-refractivity contribution >= 4 is 17.5 Å². The molecule has 0 spiro atoms. The third-order valence-electron chi connectivity index (χ3n) is 2.45. The lowest BCUT2D eigenvalue weighted by Gasteiger charge is -2.26. The van der Waals surface area contributed by atoms with Crippen molar-refractivity contribution in [2.75, 3.05) is 13.1 Å². The molecule has 0 radical (unpaired) electrons. The molecule has 1 aromatic rings. The summed E-state index contributed by atoms with van der Waals surface area (Å²) in [6, 6.07) is 0. The van der Waals surface area contributed by atoms with Crippen LogP contribution in [0.15, 0.2) is 12.4 Å². The maximum atomic E-state index is 11.8. The number of nitrogens with one attached hydrogen (secondary N) is 1. The lowest BCUT2D eigenvalue weighted by molar-refractivity contribution is 0.0744. The van der Waals surface area contributed by atoms with E-state index in [0.717, 1.165) is 25.9 Å². The smallest absolute Gasteiger partial charge is 0.283 e. The van der Waals surface area contributed by atoms with Crippen molar-refractivity contribution < 1.29 is 4.79 Å². The van der Waals surface area contributed by atoms with Crippen LogP contribution < -0.4 is 5.43 Å². The number of halogens is 1. The number of piperidine rings is 1. The zero-order valence-corrected chi connectivity index (χ0v) is 9.57. The lowest BCUT2D eigenvalue weighted by atomic mass is 10.2. The Labute approximate surface area is 98.8 Å². The zero-order chi connectivity index (χ0) is 11.4. The molecule has 5 nitrogen and oxygen atoms in total. The molecule has 0 aromatic carbocycles. The Morgan fingerprint density at radius 1 is 1.31 bits per heavy atom. The van der Waals surface area contributed by atoms with Crippen molar-refractivity contribution in [2.45, 2.75) is 19.3 Å². The van der Waals surface area contributed by atoms with Crippen LogP contribution in [0.4, 0.5) is 0 Å². The molecule has 1 fully saturated rings. The average Bonchev–Trinajstić information content (AvgIpc) is 2.30. The second-order valence-electron chi connectivity index (χ2n) is 3.72. The Balaban J connectivity index is 1.97. The second kappa shape index (κ2) is 5.23. The van der Waals surface area contributed by atoms with Crippen molar-refractivity contribution in [3.8, 4) is 0 Å². The van der Waals surface area contributed by atoms with Gasteiger partial charge in [-0.3, -0.25) is 15.2 Å². The summed E-state index contributed by atoms with van der Waals surface area (Å²) in [4.78, 5) is 19.5. The fraction of sp³-hybridized carbons (Fsp3) is 0.500. The predicted molar refractivity (Wildman–Crippen MR) is 59.9 cm³/mol. The maximum absolute atomic E-state index is 11.8. The van der Waals surface area contributed by atoms with Crippen LogP contribution in [0.5, 0.6) is 0 Å². The first-order chi connectivity index (χ1) is 7.75. The number of aromatic nitrogens is 2. The highest BCUT2D eigenvalue weighted by Crippen LogP contribution is 2.07. The molecule has 1 aliphatic heterocycles. The highest BCUT2D eigenvalue weighted by molar-refractivity contribution is 6.29.